The van der Waals surface area contributed by atoms with Gasteiger partial charge in [-0.05, 0) is 35.7 Å². The lowest BCUT2D eigenvalue weighted by Gasteiger charge is -2.20. The zero-order chi connectivity index (χ0) is 20.7. The Kier molecular flexibility index (Phi) is 7.94. The van der Waals surface area contributed by atoms with Gasteiger partial charge in [0.15, 0.2) is 5.13 Å². The molecule has 6 nitrogen and oxygen atoms in total. The molecule has 1 aromatic heterocycles. The topological polar surface area (TPSA) is 99.5 Å². The van der Waals surface area contributed by atoms with Gasteiger partial charge in [-0.3, -0.25) is 4.55 Å². The second-order valence-corrected chi connectivity index (χ2v) is 8.98. The Balaban J connectivity index is 0.000000500. The Morgan fingerprint density at radius 3 is 2.18 bits per heavy atom. The van der Waals surface area contributed by atoms with Crippen molar-refractivity contribution in [3.05, 3.63) is 54.1 Å². The van der Waals surface area contributed by atoms with E-state index in [0.717, 1.165) is 34.7 Å². The smallest absolute Gasteiger partial charge is 0.261 e. The number of nitrogens with zero attached hydrogens (tertiary/aromatic N) is 1. The molecule has 0 saturated heterocycles. The van der Waals surface area contributed by atoms with Gasteiger partial charge >= 0.3 is 0 Å². The minimum atomic E-state index is -3.67. The highest BCUT2D eigenvalue weighted by atomic mass is 32.2. The van der Waals surface area contributed by atoms with Gasteiger partial charge in [-0.15, -0.1) is 0 Å². The molecule has 1 unspecified atom stereocenters. The first kappa shape index (κ1) is 22.3. The van der Waals surface area contributed by atoms with Gasteiger partial charge in [0.25, 0.3) is 10.1 Å². The average Bonchev–Trinajstić information content (AvgIpc) is 3.04. The first-order chi connectivity index (χ1) is 13.2. The number of aromatic nitrogens is 1. The fraction of sp³-hybridized carbons (Fsp3) is 0.350. The predicted molar refractivity (Wildman–Crippen MR) is 116 cm³/mol. The number of aliphatic hydroxyl groups is 1. The molecular formula is C20H26N2O4S2. The lowest BCUT2D eigenvalue weighted by Crippen LogP contribution is -2.10. The van der Waals surface area contributed by atoms with Crippen molar-refractivity contribution in [3.8, 4) is 0 Å². The van der Waals surface area contributed by atoms with Crippen LogP contribution in [0.5, 0.6) is 0 Å². The SMILES string of the molecule is CCC(CC)C(O)c1ccc(Nc2nc3ccccc3s2)cc1.CS(=O)(=O)O. The normalized spacial score (nSPS) is 12.5. The number of hydrogen-bond donors (Lipinski definition) is 3. The van der Waals surface area contributed by atoms with Crippen LogP contribution >= 0.6 is 11.3 Å². The second-order valence-electron chi connectivity index (χ2n) is 6.49. The van der Waals surface area contributed by atoms with E-state index >= 15 is 0 Å². The number of benzene rings is 2. The zero-order valence-corrected chi connectivity index (χ0v) is 17.8. The van der Waals surface area contributed by atoms with Crippen molar-refractivity contribution in [2.24, 2.45) is 5.92 Å². The van der Waals surface area contributed by atoms with Crippen LogP contribution in [0, 0.1) is 5.92 Å². The molecule has 152 valence electrons. The number of rotatable bonds is 6. The molecule has 1 atom stereocenters. The van der Waals surface area contributed by atoms with E-state index in [0.29, 0.717) is 12.2 Å². The lowest BCUT2D eigenvalue weighted by molar-refractivity contribution is 0.103. The highest BCUT2D eigenvalue weighted by Gasteiger charge is 2.17. The van der Waals surface area contributed by atoms with E-state index < -0.39 is 10.1 Å². The van der Waals surface area contributed by atoms with Gasteiger partial charge in [-0.1, -0.05) is 62.3 Å². The summed E-state index contributed by atoms with van der Waals surface area (Å²) in [5, 5.41) is 14.7. The third-order valence-electron chi connectivity index (χ3n) is 4.29. The van der Waals surface area contributed by atoms with Crippen molar-refractivity contribution in [3.63, 3.8) is 0 Å². The molecule has 3 N–H and O–H groups in total. The number of nitrogens with one attached hydrogen (secondary N) is 1. The molecule has 0 spiro atoms. The summed E-state index contributed by atoms with van der Waals surface area (Å²) in [5.41, 5.74) is 2.99. The van der Waals surface area contributed by atoms with E-state index in [1.54, 1.807) is 11.3 Å². The highest BCUT2D eigenvalue weighted by Crippen LogP contribution is 2.30. The Morgan fingerprint density at radius 1 is 1.07 bits per heavy atom. The number of fused-ring (bicyclic) bond motifs is 1. The summed E-state index contributed by atoms with van der Waals surface area (Å²) in [4.78, 5) is 4.58. The van der Waals surface area contributed by atoms with Gasteiger partial charge < -0.3 is 10.4 Å². The summed E-state index contributed by atoms with van der Waals surface area (Å²) in [6, 6.07) is 16.1. The number of anilines is 2. The van der Waals surface area contributed by atoms with Crippen LogP contribution in [0.25, 0.3) is 10.2 Å². The Morgan fingerprint density at radius 2 is 1.64 bits per heavy atom. The van der Waals surface area contributed by atoms with Gasteiger partial charge in [0, 0.05) is 5.69 Å². The van der Waals surface area contributed by atoms with Crippen molar-refractivity contribution < 1.29 is 18.1 Å². The first-order valence-electron chi connectivity index (χ1n) is 9.04. The van der Waals surface area contributed by atoms with Gasteiger partial charge in [-0.25, -0.2) is 4.98 Å². The molecule has 0 saturated carbocycles. The molecule has 3 rings (SSSR count). The van der Waals surface area contributed by atoms with E-state index in [9.17, 15) is 13.5 Å². The second kappa shape index (κ2) is 9.97. The van der Waals surface area contributed by atoms with Gasteiger partial charge in [0.2, 0.25) is 0 Å². The van der Waals surface area contributed by atoms with Crippen LogP contribution < -0.4 is 5.32 Å². The minimum absolute atomic E-state index is 0.318. The number of thiazole rings is 1. The van der Waals surface area contributed by atoms with Gasteiger partial charge in [0.1, 0.15) is 0 Å². The standard InChI is InChI=1S/C19H22N2OS.CH4O3S/c1-3-13(4-2)18(22)14-9-11-15(12-10-14)20-19-21-16-7-5-6-8-17(16)23-19;1-5(2,3)4/h5-13,18,22H,3-4H2,1-2H3,(H,20,21);1H3,(H,2,3,4). The summed E-state index contributed by atoms with van der Waals surface area (Å²) >= 11 is 1.64. The van der Waals surface area contributed by atoms with Gasteiger partial charge in [0.05, 0.1) is 22.6 Å². The quantitative estimate of drug-likeness (QED) is 0.483. The van der Waals surface area contributed by atoms with Crippen LogP contribution in [0.1, 0.15) is 38.4 Å². The van der Waals surface area contributed by atoms with Crippen LogP contribution in [0.15, 0.2) is 48.5 Å². The molecule has 0 bridgehead atoms. The van der Waals surface area contributed by atoms with Crippen molar-refractivity contribution >= 4 is 42.5 Å². The van der Waals surface area contributed by atoms with Crippen molar-refractivity contribution in [1.29, 1.82) is 0 Å². The largest absolute Gasteiger partial charge is 0.388 e. The molecule has 2 aromatic carbocycles. The van der Waals surface area contributed by atoms with Crippen LogP contribution in [-0.2, 0) is 10.1 Å². The van der Waals surface area contributed by atoms with Crippen molar-refractivity contribution in [2.75, 3.05) is 11.6 Å². The van der Waals surface area contributed by atoms with Crippen LogP contribution in [-0.4, -0.2) is 29.3 Å². The maximum absolute atomic E-state index is 10.4. The summed E-state index contributed by atoms with van der Waals surface area (Å²) < 4.78 is 27.0. The van der Waals surface area contributed by atoms with Crippen LogP contribution in [0.2, 0.25) is 0 Å². The molecule has 0 fully saturated rings. The molecule has 3 aromatic rings. The summed E-state index contributed by atoms with van der Waals surface area (Å²) in [5.74, 6) is 0.318. The molecule has 28 heavy (non-hydrogen) atoms. The molecule has 0 aliphatic heterocycles. The van der Waals surface area contributed by atoms with Crippen LogP contribution in [0.3, 0.4) is 0 Å². The summed E-state index contributed by atoms with van der Waals surface area (Å²) in [7, 11) is -3.67. The first-order valence-corrected chi connectivity index (χ1v) is 11.7. The summed E-state index contributed by atoms with van der Waals surface area (Å²) in [6.07, 6.45) is 2.31. The van der Waals surface area contributed by atoms with Crippen LogP contribution in [0.4, 0.5) is 10.8 Å². The third-order valence-corrected chi connectivity index (χ3v) is 5.24. The molecule has 0 amide bonds. The van der Waals surface area contributed by atoms with E-state index in [1.165, 1.54) is 4.70 Å². The maximum Gasteiger partial charge on any atom is 0.261 e. The monoisotopic (exact) mass is 422 g/mol. The van der Waals surface area contributed by atoms with E-state index in [2.05, 4.69) is 30.2 Å². The molecular weight excluding hydrogens is 396 g/mol. The minimum Gasteiger partial charge on any atom is -0.388 e. The number of hydrogen-bond acceptors (Lipinski definition) is 6. The Hall–Kier alpha value is -2.00. The van der Waals surface area contributed by atoms with E-state index in [-0.39, 0.29) is 6.10 Å². The Labute approximate surface area is 170 Å². The fourth-order valence-electron chi connectivity index (χ4n) is 2.82. The highest BCUT2D eigenvalue weighted by molar-refractivity contribution is 7.85. The fourth-order valence-corrected chi connectivity index (χ4v) is 3.71. The molecule has 0 radical (unpaired) electrons. The zero-order valence-electron chi connectivity index (χ0n) is 16.2. The molecule has 0 aliphatic carbocycles. The maximum atomic E-state index is 10.4. The Bertz CT molecular complexity index is 940. The summed E-state index contributed by atoms with van der Waals surface area (Å²) in [6.45, 7) is 4.25. The molecule has 1 heterocycles. The van der Waals surface area contributed by atoms with Crippen molar-refractivity contribution in [2.45, 2.75) is 32.8 Å². The van der Waals surface area contributed by atoms with Gasteiger partial charge in [-0.2, -0.15) is 8.42 Å². The van der Waals surface area contributed by atoms with E-state index in [1.807, 2.05) is 42.5 Å². The number of aliphatic hydroxyl groups excluding tert-OH is 1. The molecule has 0 aliphatic rings. The van der Waals surface area contributed by atoms with Crippen molar-refractivity contribution in [1.82, 2.24) is 4.98 Å². The average molecular weight is 423 g/mol. The molecule has 8 heteroatoms. The number of para-hydroxylation sites is 1. The lowest BCUT2D eigenvalue weighted by atomic mass is 9.91. The van der Waals surface area contributed by atoms with E-state index in [4.69, 9.17) is 4.55 Å². The predicted octanol–water partition coefficient (Wildman–Crippen LogP) is 5.01. The third kappa shape index (κ3) is 6.87.